The molecule has 1 N–H and O–H groups in total. The molecule has 1 heterocycles. The molecule has 0 aliphatic carbocycles. The number of nitrogens with zero attached hydrogens (tertiary/aromatic N) is 2. The van der Waals surface area contributed by atoms with Gasteiger partial charge in [0.1, 0.15) is 0 Å². The average molecular weight is 403 g/mol. The number of anilines is 1. The van der Waals surface area contributed by atoms with E-state index >= 15 is 0 Å². The summed E-state index contributed by atoms with van der Waals surface area (Å²) in [7, 11) is 0. The molecule has 4 heteroatoms. The Morgan fingerprint density at radius 1 is 0.806 bits per heavy atom. The molecule has 4 nitrogen and oxygen atoms in total. The van der Waals surface area contributed by atoms with Gasteiger partial charge in [-0.2, -0.15) is 5.10 Å². The fourth-order valence-electron chi connectivity index (χ4n) is 3.80. The molecule has 0 saturated carbocycles. The zero-order chi connectivity index (χ0) is 21.2. The highest BCUT2D eigenvalue weighted by Crippen LogP contribution is 2.31. The molecular weight excluding hydrogens is 382 g/mol. The SMILES string of the molecule is Cc1ccccc1NC(=O)c1cc(-c2cccc3ccccc23)n(-c2ccccc2)n1. The van der Waals surface area contributed by atoms with Crippen LogP contribution in [0.5, 0.6) is 0 Å². The van der Waals surface area contributed by atoms with E-state index in [1.807, 2.05) is 90.5 Å². The lowest BCUT2D eigenvalue weighted by Gasteiger charge is -2.10. The summed E-state index contributed by atoms with van der Waals surface area (Å²) >= 11 is 0. The van der Waals surface area contributed by atoms with Crippen LogP contribution in [0.25, 0.3) is 27.7 Å². The molecule has 5 rings (SSSR count). The minimum Gasteiger partial charge on any atom is -0.320 e. The first-order valence-corrected chi connectivity index (χ1v) is 10.2. The molecule has 1 aromatic heterocycles. The van der Waals surface area contributed by atoms with E-state index in [2.05, 4.69) is 29.6 Å². The van der Waals surface area contributed by atoms with Crippen LogP contribution in [0.1, 0.15) is 16.1 Å². The number of aryl methyl sites for hydroxylation is 1. The van der Waals surface area contributed by atoms with Crippen molar-refractivity contribution in [1.29, 1.82) is 0 Å². The third-order valence-electron chi connectivity index (χ3n) is 5.40. The Labute approximate surface area is 180 Å². The summed E-state index contributed by atoms with van der Waals surface area (Å²) in [4.78, 5) is 13.1. The summed E-state index contributed by atoms with van der Waals surface area (Å²) in [5, 5.41) is 9.95. The van der Waals surface area contributed by atoms with E-state index in [0.717, 1.165) is 39.0 Å². The Balaban J connectivity index is 1.65. The number of carbonyl (C=O) groups excluding carboxylic acids is 1. The fraction of sp³-hybridized carbons (Fsp3) is 0.0370. The number of carbonyl (C=O) groups is 1. The molecule has 31 heavy (non-hydrogen) atoms. The Morgan fingerprint density at radius 3 is 2.35 bits per heavy atom. The standard InChI is InChI=1S/C27H21N3O/c1-19-10-5-8-17-24(19)28-27(31)25-18-26(30(29-25)21-13-3-2-4-14-21)23-16-9-12-20-11-6-7-15-22(20)23/h2-18H,1H3,(H,28,31). The molecular formula is C27H21N3O. The van der Waals surface area contributed by atoms with Crippen LogP contribution < -0.4 is 5.32 Å². The van der Waals surface area contributed by atoms with Gasteiger partial charge in [-0.15, -0.1) is 0 Å². The van der Waals surface area contributed by atoms with E-state index in [1.54, 1.807) is 0 Å². The van der Waals surface area contributed by atoms with E-state index < -0.39 is 0 Å². The second kappa shape index (κ2) is 7.92. The molecule has 4 aromatic carbocycles. The maximum atomic E-state index is 13.1. The van der Waals surface area contributed by atoms with E-state index in [0.29, 0.717) is 5.69 Å². The molecule has 5 aromatic rings. The van der Waals surface area contributed by atoms with E-state index in [4.69, 9.17) is 5.10 Å². The first-order chi connectivity index (χ1) is 15.2. The lowest BCUT2D eigenvalue weighted by Crippen LogP contribution is -2.13. The molecule has 0 aliphatic rings. The van der Waals surface area contributed by atoms with Crippen molar-refractivity contribution in [2.75, 3.05) is 5.32 Å². The van der Waals surface area contributed by atoms with Gasteiger partial charge in [0.25, 0.3) is 5.91 Å². The second-order valence-corrected chi connectivity index (χ2v) is 7.46. The van der Waals surface area contributed by atoms with Crippen molar-refractivity contribution in [3.63, 3.8) is 0 Å². The number of aromatic nitrogens is 2. The van der Waals surface area contributed by atoms with Crippen molar-refractivity contribution in [1.82, 2.24) is 9.78 Å². The van der Waals surface area contributed by atoms with Crippen molar-refractivity contribution in [3.05, 3.63) is 114 Å². The number of amides is 1. The lowest BCUT2D eigenvalue weighted by molar-refractivity contribution is 0.102. The third-order valence-corrected chi connectivity index (χ3v) is 5.40. The number of fused-ring (bicyclic) bond motifs is 1. The predicted octanol–water partition coefficient (Wildman–Crippen LogP) is 6.25. The highest BCUT2D eigenvalue weighted by atomic mass is 16.2. The molecule has 1 amide bonds. The summed E-state index contributed by atoms with van der Waals surface area (Å²) in [6.07, 6.45) is 0. The number of rotatable bonds is 4. The minimum absolute atomic E-state index is 0.231. The zero-order valence-corrected chi connectivity index (χ0v) is 17.1. The Bertz CT molecular complexity index is 1380. The molecule has 0 saturated heterocycles. The zero-order valence-electron chi connectivity index (χ0n) is 17.1. The van der Waals surface area contributed by atoms with Gasteiger partial charge in [0.15, 0.2) is 5.69 Å². The number of para-hydroxylation sites is 2. The summed E-state index contributed by atoms with van der Waals surface area (Å²) in [6, 6.07) is 33.9. The molecule has 0 bridgehead atoms. The molecule has 0 atom stereocenters. The smallest absolute Gasteiger partial charge is 0.276 e. The Morgan fingerprint density at radius 2 is 1.52 bits per heavy atom. The summed E-state index contributed by atoms with van der Waals surface area (Å²) in [5.41, 5.74) is 4.97. The van der Waals surface area contributed by atoms with Crippen molar-refractivity contribution >= 4 is 22.4 Å². The van der Waals surface area contributed by atoms with Gasteiger partial charge in [0, 0.05) is 11.3 Å². The second-order valence-electron chi connectivity index (χ2n) is 7.46. The predicted molar refractivity (Wildman–Crippen MR) is 126 cm³/mol. The van der Waals surface area contributed by atoms with Crippen LogP contribution in [-0.4, -0.2) is 15.7 Å². The minimum atomic E-state index is -0.231. The van der Waals surface area contributed by atoms with Gasteiger partial charge in [0.05, 0.1) is 11.4 Å². The summed E-state index contributed by atoms with van der Waals surface area (Å²) in [5.74, 6) is -0.231. The first-order valence-electron chi connectivity index (χ1n) is 10.2. The van der Waals surface area contributed by atoms with Gasteiger partial charge in [0.2, 0.25) is 0 Å². The molecule has 150 valence electrons. The maximum Gasteiger partial charge on any atom is 0.276 e. The van der Waals surface area contributed by atoms with Crippen molar-refractivity contribution in [2.24, 2.45) is 0 Å². The molecule has 0 unspecified atom stereocenters. The average Bonchev–Trinajstić information content (AvgIpc) is 3.26. The van der Waals surface area contributed by atoms with Gasteiger partial charge in [-0.25, -0.2) is 4.68 Å². The fourth-order valence-corrected chi connectivity index (χ4v) is 3.80. The Kier molecular flexibility index (Phi) is 4.81. The third kappa shape index (κ3) is 3.60. The van der Waals surface area contributed by atoms with Crippen LogP contribution in [0.2, 0.25) is 0 Å². The van der Waals surface area contributed by atoms with Crippen LogP contribution in [-0.2, 0) is 0 Å². The largest absolute Gasteiger partial charge is 0.320 e. The maximum absolute atomic E-state index is 13.1. The van der Waals surface area contributed by atoms with Gasteiger partial charge >= 0.3 is 0 Å². The van der Waals surface area contributed by atoms with Crippen molar-refractivity contribution in [3.8, 4) is 16.9 Å². The Hall–Kier alpha value is -4.18. The van der Waals surface area contributed by atoms with E-state index in [9.17, 15) is 4.79 Å². The topological polar surface area (TPSA) is 46.9 Å². The quantitative estimate of drug-likeness (QED) is 0.385. The van der Waals surface area contributed by atoms with E-state index in [1.165, 1.54) is 0 Å². The van der Waals surface area contributed by atoms with Crippen LogP contribution in [0.15, 0.2) is 103 Å². The normalized spacial score (nSPS) is 10.9. The van der Waals surface area contributed by atoms with Crippen molar-refractivity contribution < 1.29 is 4.79 Å². The summed E-state index contributed by atoms with van der Waals surface area (Å²) in [6.45, 7) is 1.97. The number of hydrogen-bond donors (Lipinski definition) is 1. The monoisotopic (exact) mass is 403 g/mol. The van der Waals surface area contributed by atoms with Crippen LogP contribution in [0.4, 0.5) is 5.69 Å². The highest BCUT2D eigenvalue weighted by molar-refractivity contribution is 6.05. The van der Waals surface area contributed by atoms with Gasteiger partial charge in [-0.05, 0) is 47.5 Å². The van der Waals surface area contributed by atoms with Crippen LogP contribution in [0, 0.1) is 6.92 Å². The molecule has 0 aliphatic heterocycles. The number of benzene rings is 4. The molecule has 0 spiro atoms. The lowest BCUT2D eigenvalue weighted by atomic mass is 10.0. The van der Waals surface area contributed by atoms with Crippen LogP contribution >= 0.6 is 0 Å². The van der Waals surface area contributed by atoms with E-state index in [-0.39, 0.29) is 5.91 Å². The number of hydrogen-bond acceptors (Lipinski definition) is 2. The van der Waals surface area contributed by atoms with Crippen molar-refractivity contribution in [2.45, 2.75) is 6.92 Å². The molecule has 0 radical (unpaired) electrons. The number of nitrogens with one attached hydrogen (secondary N) is 1. The molecule has 0 fully saturated rings. The van der Waals surface area contributed by atoms with Gasteiger partial charge in [-0.1, -0.05) is 78.9 Å². The van der Waals surface area contributed by atoms with Crippen LogP contribution in [0.3, 0.4) is 0 Å². The summed E-state index contributed by atoms with van der Waals surface area (Å²) < 4.78 is 1.84. The van der Waals surface area contributed by atoms with Gasteiger partial charge < -0.3 is 5.32 Å². The first kappa shape index (κ1) is 18.8. The van der Waals surface area contributed by atoms with Gasteiger partial charge in [-0.3, -0.25) is 4.79 Å². The highest BCUT2D eigenvalue weighted by Gasteiger charge is 2.18.